The Labute approximate surface area is 213 Å². The fourth-order valence-electron chi connectivity index (χ4n) is 4.07. The summed E-state index contributed by atoms with van der Waals surface area (Å²) >= 11 is 0. The normalized spacial score (nSPS) is 11.5. The predicted octanol–water partition coefficient (Wildman–Crippen LogP) is 7.08. The van der Waals surface area contributed by atoms with Gasteiger partial charge in [0.1, 0.15) is 18.1 Å². The summed E-state index contributed by atoms with van der Waals surface area (Å²) < 4.78 is 11.9. The summed E-state index contributed by atoms with van der Waals surface area (Å²) in [6.07, 6.45) is 1.80. The molecule has 0 saturated heterocycles. The highest BCUT2D eigenvalue weighted by molar-refractivity contribution is 5.94. The molecule has 0 aliphatic carbocycles. The predicted molar refractivity (Wildman–Crippen MR) is 146 cm³/mol. The summed E-state index contributed by atoms with van der Waals surface area (Å²) in [6.45, 7) is 4.84. The van der Waals surface area contributed by atoms with Crippen molar-refractivity contribution < 1.29 is 14.3 Å². The Morgan fingerprint density at radius 2 is 1.47 bits per heavy atom. The number of amides is 1. The Balaban J connectivity index is 1.39. The number of rotatable bonds is 11. The summed E-state index contributed by atoms with van der Waals surface area (Å²) in [5.74, 6) is 1.40. The van der Waals surface area contributed by atoms with E-state index in [-0.39, 0.29) is 11.9 Å². The van der Waals surface area contributed by atoms with Gasteiger partial charge in [-0.2, -0.15) is 0 Å². The van der Waals surface area contributed by atoms with Crippen LogP contribution in [0.3, 0.4) is 0 Å². The van der Waals surface area contributed by atoms with Crippen molar-refractivity contribution >= 4 is 5.91 Å². The highest BCUT2D eigenvalue weighted by Crippen LogP contribution is 2.25. The summed E-state index contributed by atoms with van der Waals surface area (Å²) in [5, 5.41) is 3.12. The van der Waals surface area contributed by atoms with Crippen molar-refractivity contribution in [1.29, 1.82) is 0 Å². The van der Waals surface area contributed by atoms with Crippen molar-refractivity contribution in [3.8, 4) is 22.6 Å². The van der Waals surface area contributed by atoms with Crippen LogP contribution in [0.15, 0.2) is 103 Å². The molecular formula is C32H33NO3. The van der Waals surface area contributed by atoms with Gasteiger partial charge in [-0.1, -0.05) is 72.8 Å². The zero-order valence-electron chi connectivity index (χ0n) is 20.9. The van der Waals surface area contributed by atoms with Gasteiger partial charge in [-0.15, -0.1) is 0 Å². The van der Waals surface area contributed by atoms with Gasteiger partial charge in [-0.05, 0) is 73.7 Å². The van der Waals surface area contributed by atoms with E-state index in [1.54, 1.807) is 0 Å². The van der Waals surface area contributed by atoms with Crippen LogP contribution in [-0.2, 0) is 13.0 Å². The lowest BCUT2D eigenvalue weighted by molar-refractivity contribution is 0.0938. The molecule has 0 aliphatic heterocycles. The van der Waals surface area contributed by atoms with Crippen LogP contribution in [0.5, 0.6) is 11.5 Å². The van der Waals surface area contributed by atoms with Crippen molar-refractivity contribution in [3.05, 3.63) is 120 Å². The Bertz CT molecular complexity index is 1240. The molecule has 4 heteroatoms. The number of nitrogens with one attached hydrogen (secondary N) is 1. The van der Waals surface area contributed by atoms with Crippen LogP contribution >= 0.6 is 0 Å². The van der Waals surface area contributed by atoms with Crippen LogP contribution in [0.2, 0.25) is 0 Å². The first-order chi connectivity index (χ1) is 17.6. The molecule has 0 spiro atoms. The molecule has 0 unspecified atom stereocenters. The monoisotopic (exact) mass is 479 g/mol. The minimum Gasteiger partial charge on any atom is -0.493 e. The van der Waals surface area contributed by atoms with Crippen LogP contribution in [0.4, 0.5) is 0 Å². The second-order valence-corrected chi connectivity index (χ2v) is 8.83. The first-order valence-corrected chi connectivity index (χ1v) is 12.5. The van der Waals surface area contributed by atoms with E-state index in [9.17, 15) is 4.79 Å². The highest BCUT2D eigenvalue weighted by atomic mass is 16.5. The Morgan fingerprint density at radius 1 is 0.806 bits per heavy atom. The summed E-state index contributed by atoms with van der Waals surface area (Å²) in [5.41, 5.74) is 5.02. The third-order valence-corrected chi connectivity index (χ3v) is 6.06. The third kappa shape index (κ3) is 6.98. The molecule has 4 aromatic carbocycles. The van der Waals surface area contributed by atoms with Crippen molar-refractivity contribution in [3.63, 3.8) is 0 Å². The van der Waals surface area contributed by atoms with E-state index in [4.69, 9.17) is 9.47 Å². The summed E-state index contributed by atoms with van der Waals surface area (Å²) in [7, 11) is 0. The van der Waals surface area contributed by atoms with Gasteiger partial charge >= 0.3 is 0 Å². The molecule has 1 N–H and O–H groups in total. The van der Waals surface area contributed by atoms with Crippen molar-refractivity contribution in [1.82, 2.24) is 5.32 Å². The maximum absolute atomic E-state index is 12.9. The molecule has 0 saturated carbocycles. The molecule has 0 radical (unpaired) electrons. The molecule has 1 amide bonds. The zero-order chi connectivity index (χ0) is 25.2. The van der Waals surface area contributed by atoms with Crippen LogP contribution in [0, 0.1) is 0 Å². The molecule has 4 nitrogen and oxygen atoms in total. The fourth-order valence-corrected chi connectivity index (χ4v) is 4.07. The lowest BCUT2D eigenvalue weighted by Gasteiger charge is -2.16. The number of hydrogen-bond acceptors (Lipinski definition) is 3. The molecule has 4 aromatic rings. The van der Waals surface area contributed by atoms with Crippen LogP contribution < -0.4 is 14.8 Å². The highest BCUT2D eigenvalue weighted by Gasteiger charge is 2.14. The van der Waals surface area contributed by atoms with E-state index >= 15 is 0 Å². The number of aryl methyl sites for hydroxylation is 1. The van der Waals surface area contributed by atoms with Gasteiger partial charge in [0, 0.05) is 17.2 Å². The first-order valence-electron chi connectivity index (χ1n) is 12.5. The standard InChI is InChI=1S/C32H33NO3/c1-3-35-31-21-18-28(32(34)33-24(2)14-15-25-10-6-4-7-11-25)22-29(31)23-36-30-19-16-27(17-20-30)26-12-8-5-9-13-26/h4-13,16-22,24H,3,14-15,23H2,1-2H3,(H,33,34)/t24-/m1/s1. The van der Waals surface area contributed by atoms with Gasteiger partial charge in [0.25, 0.3) is 5.91 Å². The van der Waals surface area contributed by atoms with Gasteiger partial charge in [-0.3, -0.25) is 4.79 Å². The molecule has 36 heavy (non-hydrogen) atoms. The van der Waals surface area contributed by atoms with E-state index in [1.807, 2.05) is 80.6 Å². The summed E-state index contributed by atoms with van der Waals surface area (Å²) in [6, 6.07) is 34.2. The molecular weight excluding hydrogens is 446 g/mol. The second-order valence-electron chi connectivity index (χ2n) is 8.83. The zero-order valence-corrected chi connectivity index (χ0v) is 20.9. The smallest absolute Gasteiger partial charge is 0.251 e. The number of carbonyl (C=O) groups excluding carboxylic acids is 1. The molecule has 0 aliphatic rings. The van der Waals surface area contributed by atoms with E-state index in [0.717, 1.165) is 35.5 Å². The summed E-state index contributed by atoms with van der Waals surface area (Å²) in [4.78, 5) is 12.9. The maximum Gasteiger partial charge on any atom is 0.251 e. The largest absolute Gasteiger partial charge is 0.493 e. The van der Waals surface area contributed by atoms with Crippen LogP contribution in [0.1, 0.15) is 41.8 Å². The minimum atomic E-state index is -0.0907. The number of benzene rings is 4. The van der Waals surface area contributed by atoms with Gasteiger partial charge in [0.05, 0.1) is 6.61 Å². The first kappa shape index (κ1) is 25.1. The van der Waals surface area contributed by atoms with Gasteiger partial charge in [0.15, 0.2) is 0 Å². The molecule has 0 fully saturated rings. The van der Waals surface area contributed by atoms with E-state index < -0.39 is 0 Å². The van der Waals surface area contributed by atoms with Crippen LogP contribution in [0.25, 0.3) is 11.1 Å². The molecule has 184 valence electrons. The van der Waals surface area contributed by atoms with Crippen molar-refractivity contribution in [2.75, 3.05) is 6.61 Å². The maximum atomic E-state index is 12.9. The molecule has 0 aromatic heterocycles. The van der Waals surface area contributed by atoms with Crippen molar-refractivity contribution in [2.45, 2.75) is 39.3 Å². The van der Waals surface area contributed by atoms with E-state index in [0.29, 0.717) is 18.8 Å². The molecule has 1 atom stereocenters. The number of ether oxygens (including phenoxy) is 2. The van der Waals surface area contributed by atoms with Crippen molar-refractivity contribution in [2.24, 2.45) is 0 Å². The fraction of sp³-hybridized carbons (Fsp3) is 0.219. The SMILES string of the molecule is CCOc1ccc(C(=O)N[C@H](C)CCc2ccccc2)cc1COc1ccc(-c2ccccc2)cc1. The Morgan fingerprint density at radius 3 is 2.17 bits per heavy atom. The third-order valence-electron chi connectivity index (χ3n) is 6.06. The average molecular weight is 480 g/mol. The number of carbonyl (C=O) groups is 1. The number of hydrogen-bond donors (Lipinski definition) is 1. The van der Waals surface area contributed by atoms with Gasteiger partial charge in [0.2, 0.25) is 0 Å². The average Bonchev–Trinajstić information content (AvgIpc) is 2.93. The lowest BCUT2D eigenvalue weighted by Crippen LogP contribution is -2.33. The lowest BCUT2D eigenvalue weighted by atomic mass is 10.1. The minimum absolute atomic E-state index is 0.0621. The van der Waals surface area contributed by atoms with E-state index in [1.165, 1.54) is 11.1 Å². The molecule has 0 bridgehead atoms. The molecule has 0 heterocycles. The van der Waals surface area contributed by atoms with Gasteiger partial charge in [-0.25, -0.2) is 0 Å². The Hall–Kier alpha value is -4.05. The van der Waals surface area contributed by atoms with Gasteiger partial charge < -0.3 is 14.8 Å². The van der Waals surface area contributed by atoms with E-state index in [2.05, 4.69) is 41.7 Å². The molecule has 4 rings (SSSR count). The second kappa shape index (κ2) is 12.6. The Kier molecular flexibility index (Phi) is 8.77. The quantitative estimate of drug-likeness (QED) is 0.250. The van der Waals surface area contributed by atoms with Crippen LogP contribution in [-0.4, -0.2) is 18.6 Å². The topological polar surface area (TPSA) is 47.6 Å².